The molecule has 0 aromatic carbocycles. The van der Waals surface area contributed by atoms with Crippen molar-refractivity contribution in [3.63, 3.8) is 0 Å². The molecule has 3 heterocycles. The van der Waals surface area contributed by atoms with Crippen LogP contribution in [0, 0.1) is 11.8 Å². The van der Waals surface area contributed by atoms with Gasteiger partial charge in [0.1, 0.15) is 17.6 Å². The number of carbonyl (C=O) groups excluding carboxylic acids is 1. The van der Waals surface area contributed by atoms with Gasteiger partial charge in [-0.05, 0) is 43.9 Å². The molecule has 21 heavy (non-hydrogen) atoms. The number of hydrogen-bond acceptors (Lipinski definition) is 4. The summed E-state index contributed by atoms with van der Waals surface area (Å²) in [5.74, 6) is 2.54. The maximum Gasteiger partial charge on any atom is 0.236 e. The highest BCUT2D eigenvalue weighted by Gasteiger charge is 2.48. The molecule has 1 atom stereocenters. The van der Waals surface area contributed by atoms with Crippen molar-refractivity contribution in [2.45, 2.75) is 37.5 Å². The Morgan fingerprint density at radius 3 is 2.76 bits per heavy atom. The minimum Gasteiger partial charge on any atom is -0.381 e. The zero-order valence-electron chi connectivity index (χ0n) is 12.3. The summed E-state index contributed by atoms with van der Waals surface area (Å²) in [4.78, 5) is 19.6. The number of nitrogens with one attached hydrogen (secondary N) is 1. The first kappa shape index (κ1) is 13.2. The lowest BCUT2D eigenvalue weighted by molar-refractivity contribution is -0.140. The van der Waals surface area contributed by atoms with Crippen molar-refractivity contribution >= 4 is 5.91 Å². The van der Waals surface area contributed by atoms with E-state index in [9.17, 15) is 4.79 Å². The van der Waals surface area contributed by atoms with Crippen molar-refractivity contribution in [2.75, 3.05) is 26.3 Å². The normalized spacial score (nSPS) is 28.8. The Morgan fingerprint density at radius 2 is 2.10 bits per heavy atom. The summed E-state index contributed by atoms with van der Waals surface area (Å²) in [7, 11) is 0. The van der Waals surface area contributed by atoms with Gasteiger partial charge >= 0.3 is 0 Å². The molecule has 114 valence electrons. The summed E-state index contributed by atoms with van der Waals surface area (Å²) in [6, 6.07) is 0. The zero-order chi connectivity index (χ0) is 14.3. The summed E-state index contributed by atoms with van der Waals surface area (Å²) in [6.07, 6.45) is 6.77. The van der Waals surface area contributed by atoms with E-state index < -0.39 is 5.41 Å². The molecule has 3 aliphatic rings. The molecule has 6 nitrogen and oxygen atoms in total. The lowest BCUT2D eigenvalue weighted by atomic mass is 9.78. The summed E-state index contributed by atoms with van der Waals surface area (Å²) in [5.41, 5.74) is -0.548. The van der Waals surface area contributed by atoms with Crippen LogP contribution in [-0.2, 0) is 14.9 Å². The van der Waals surface area contributed by atoms with E-state index in [0.717, 1.165) is 24.9 Å². The second-order valence-electron chi connectivity index (χ2n) is 6.67. The van der Waals surface area contributed by atoms with Crippen molar-refractivity contribution < 1.29 is 9.53 Å². The predicted octanol–water partition coefficient (Wildman–Crippen LogP) is 1.11. The molecule has 0 spiro atoms. The van der Waals surface area contributed by atoms with Crippen molar-refractivity contribution in [2.24, 2.45) is 11.8 Å². The SMILES string of the molecule is O=C(N1CCC(C2CC2)C1)C1(c2ncn[nH]2)CCOCC1. The number of H-pyrrole nitrogens is 1. The topological polar surface area (TPSA) is 71.1 Å². The minimum absolute atomic E-state index is 0.228. The quantitative estimate of drug-likeness (QED) is 0.905. The van der Waals surface area contributed by atoms with Crippen LogP contribution in [0.3, 0.4) is 0 Å². The number of aromatic nitrogens is 3. The van der Waals surface area contributed by atoms with Gasteiger partial charge in [-0.25, -0.2) is 4.98 Å². The average molecular weight is 290 g/mol. The second kappa shape index (κ2) is 5.09. The van der Waals surface area contributed by atoms with E-state index in [1.165, 1.54) is 25.6 Å². The van der Waals surface area contributed by atoms with Crippen LogP contribution >= 0.6 is 0 Å². The molecule has 6 heteroatoms. The first-order valence-corrected chi connectivity index (χ1v) is 8.02. The molecule has 1 amide bonds. The van der Waals surface area contributed by atoms with Crippen molar-refractivity contribution in [3.8, 4) is 0 Å². The van der Waals surface area contributed by atoms with Crippen LogP contribution in [0.4, 0.5) is 0 Å². The molecule has 1 saturated carbocycles. The molecule has 3 fully saturated rings. The minimum atomic E-state index is -0.548. The van der Waals surface area contributed by atoms with Crippen molar-refractivity contribution in [3.05, 3.63) is 12.2 Å². The van der Waals surface area contributed by atoms with Gasteiger partial charge < -0.3 is 9.64 Å². The van der Waals surface area contributed by atoms with Gasteiger partial charge in [0.05, 0.1) is 0 Å². The van der Waals surface area contributed by atoms with E-state index in [1.807, 2.05) is 0 Å². The van der Waals surface area contributed by atoms with Gasteiger partial charge in [0.15, 0.2) is 0 Å². The number of rotatable bonds is 3. The summed E-state index contributed by atoms with van der Waals surface area (Å²) in [6.45, 7) is 3.07. The van der Waals surface area contributed by atoms with Gasteiger partial charge in [-0.2, -0.15) is 5.10 Å². The molecule has 0 radical (unpaired) electrons. The van der Waals surface area contributed by atoms with E-state index in [0.29, 0.717) is 31.9 Å². The van der Waals surface area contributed by atoms with Crippen LogP contribution in [0.2, 0.25) is 0 Å². The third-order valence-corrected chi connectivity index (χ3v) is 5.42. The zero-order valence-corrected chi connectivity index (χ0v) is 12.3. The summed E-state index contributed by atoms with van der Waals surface area (Å²) >= 11 is 0. The molecule has 1 aliphatic carbocycles. The third-order valence-electron chi connectivity index (χ3n) is 5.42. The number of amides is 1. The Kier molecular flexibility index (Phi) is 3.21. The Morgan fingerprint density at radius 1 is 1.29 bits per heavy atom. The van der Waals surface area contributed by atoms with Crippen LogP contribution < -0.4 is 0 Å². The first-order chi connectivity index (χ1) is 10.3. The van der Waals surface area contributed by atoms with Gasteiger partial charge in [0.2, 0.25) is 5.91 Å². The molecule has 2 aliphatic heterocycles. The number of likely N-dealkylation sites (tertiary alicyclic amines) is 1. The lowest BCUT2D eigenvalue weighted by Crippen LogP contribution is -2.50. The highest BCUT2D eigenvalue weighted by atomic mass is 16.5. The number of hydrogen-bond donors (Lipinski definition) is 1. The number of nitrogens with zero attached hydrogens (tertiary/aromatic N) is 3. The van der Waals surface area contributed by atoms with E-state index >= 15 is 0 Å². The Bertz CT molecular complexity index is 506. The summed E-state index contributed by atoms with van der Waals surface area (Å²) < 4.78 is 5.47. The molecule has 1 aromatic rings. The summed E-state index contributed by atoms with van der Waals surface area (Å²) in [5, 5.41) is 6.89. The Labute approximate surface area is 124 Å². The third kappa shape index (κ3) is 2.25. The molecule has 1 unspecified atom stereocenters. The van der Waals surface area contributed by atoms with Gasteiger partial charge in [0, 0.05) is 26.3 Å². The molecule has 0 bridgehead atoms. The van der Waals surface area contributed by atoms with Crippen LogP contribution in [0.25, 0.3) is 0 Å². The Hall–Kier alpha value is -1.43. The largest absolute Gasteiger partial charge is 0.381 e. The van der Waals surface area contributed by atoms with Gasteiger partial charge in [-0.3, -0.25) is 9.89 Å². The van der Waals surface area contributed by atoms with Gasteiger partial charge in [-0.15, -0.1) is 0 Å². The Balaban J connectivity index is 1.57. The van der Waals surface area contributed by atoms with Crippen molar-refractivity contribution in [1.29, 1.82) is 0 Å². The number of carbonyl (C=O) groups is 1. The molecule has 1 N–H and O–H groups in total. The second-order valence-corrected chi connectivity index (χ2v) is 6.67. The molecular weight excluding hydrogens is 268 g/mol. The predicted molar refractivity (Wildman–Crippen MR) is 75.5 cm³/mol. The van der Waals surface area contributed by atoms with E-state index in [-0.39, 0.29) is 5.91 Å². The van der Waals surface area contributed by atoms with E-state index in [1.54, 1.807) is 0 Å². The highest BCUT2D eigenvalue weighted by Crippen LogP contribution is 2.43. The standard InChI is InChI=1S/C15H22N4O2/c20-14(19-6-3-12(9-19)11-1-2-11)15(4-7-21-8-5-15)13-16-10-17-18-13/h10-12H,1-9H2,(H,16,17,18). The average Bonchev–Trinajstić information content (AvgIpc) is 3.05. The van der Waals surface area contributed by atoms with Gasteiger partial charge in [0.25, 0.3) is 0 Å². The van der Waals surface area contributed by atoms with E-state index in [2.05, 4.69) is 20.1 Å². The fourth-order valence-corrected chi connectivity index (χ4v) is 3.93. The maximum absolute atomic E-state index is 13.2. The molecule has 1 aromatic heterocycles. The van der Waals surface area contributed by atoms with E-state index in [4.69, 9.17) is 4.74 Å². The first-order valence-electron chi connectivity index (χ1n) is 8.02. The highest BCUT2D eigenvalue weighted by molar-refractivity contribution is 5.87. The van der Waals surface area contributed by atoms with Crippen LogP contribution in [-0.4, -0.2) is 52.3 Å². The van der Waals surface area contributed by atoms with Crippen LogP contribution in [0.5, 0.6) is 0 Å². The van der Waals surface area contributed by atoms with Crippen molar-refractivity contribution in [1.82, 2.24) is 20.1 Å². The smallest absolute Gasteiger partial charge is 0.236 e. The lowest BCUT2D eigenvalue weighted by Gasteiger charge is -2.36. The fraction of sp³-hybridized carbons (Fsp3) is 0.800. The maximum atomic E-state index is 13.2. The molecule has 2 saturated heterocycles. The number of aromatic amines is 1. The van der Waals surface area contributed by atoms with Crippen LogP contribution in [0.1, 0.15) is 37.9 Å². The molecular formula is C15H22N4O2. The fourth-order valence-electron chi connectivity index (χ4n) is 3.93. The number of ether oxygens (including phenoxy) is 1. The monoisotopic (exact) mass is 290 g/mol. The van der Waals surface area contributed by atoms with Crippen LogP contribution in [0.15, 0.2) is 6.33 Å². The molecule has 4 rings (SSSR count). The van der Waals surface area contributed by atoms with Gasteiger partial charge in [-0.1, -0.05) is 0 Å².